The number of carbonyl (C=O) groups excluding carboxylic acids is 1. The lowest BCUT2D eigenvalue weighted by atomic mass is 9.73. The van der Waals surface area contributed by atoms with Crippen molar-refractivity contribution in [1.29, 1.82) is 0 Å². The molecule has 1 aliphatic heterocycles. The molecule has 0 unspecified atom stereocenters. The quantitative estimate of drug-likeness (QED) is 0.901. The first-order chi connectivity index (χ1) is 10.8. The Kier molecular flexibility index (Phi) is 3.69. The van der Waals surface area contributed by atoms with Crippen molar-refractivity contribution >= 4 is 5.91 Å². The van der Waals surface area contributed by atoms with Crippen LogP contribution in [-0.4, -0.2) is 25.0 Å². The minimum atomic E-state index is 0.260. The van der Waals surface area contributed by atoms with Gasteiger partial charge in [-0.2, -0.15) is 0 Å². The second-order valence-corrected chi connectivity index (χ2v) is 7.42. The molecule has 4 rings (SSSR count). The maximum atomic E-state index is 12.4. The van der Waals surface area contributed by atoms with Gasteiger partial charge in [-0.3, -0.25) is 4.79 Å². The summed E-state index contributed by atoms with van der Waals surface area (Å²) in [6.07, 6.45) is 7.86. The van der Waals surface area contributed by atoms with Crippen LogP contribution in [0.1, 0.15) is 62.0 Å². The van der Waals surface area contributed by atoms with E-state index in [1.54, 1.807) is 0 Å². The molecule has 1 aromatic carbocycles. The number of benzene rings is 1. The van der Waals surface area contributed by atoms with E-state index in [9.17, 15) is 4.79 Å². The molecule has 2 N–H and O–H groups in total. The lowest BCUT2D eigenvalue weighted by Gasteiger charge is -2.35. The Bertz CT molecular complexity index is 558. The van der Waals surface area contributed by atoms with Crippen molar-refractivity contribution in [3.63, 3.8) is 0 Å². The summed E-state index contributed by atoms with van der Waals surface area (Å²) >= 11 is 0. The zero-order valence-corrected chi connectivity index (χ0v) is 13.2. The number of rotatable bonds is 3. The lowest BCUT2D eigenvalue weighted by Crippen LogP contribution is -2.40. The normalized spacial score (nSPS) is 26.5. The third-order valence-electron chi connectivity index (χ3n) is 6.07. The van der Waals surface area contributed by atoms with Crippen LogP contribution in [0.3, 0.4) is 0 Å². The van der Waals surface area contributed by atoms with Gasteiger partial charge in [0, 0.05) is 12.5 Å². The first-order valence-electron chi connectivity index (χ1n) is 8.86. The zero-order chi connectivity index (χ0) is 15.0. The summed E-state index contributed by atoms with van der Waals surface area (Å²) < 4.78 is 0. The Hall–Kier alpha value is -1.35. The summed E-state index contributed by atoms with van der Waals surface area (Å²) in [5, 5.41) is 6.70. The maximum absolute atomic E-state index is 12.4. The predicted octanol–water partition coefficient (Wildman–Crippen LogP) is 2.85. The van der Waals surface area contributed by atoms with Crippen molar-refractivity contribution < 1.29 is 4.79 Å². The average Bonchev–Trinajstić information content (AvgIpc) is 2.78. The molecule has 0 aromatic heterocycles. The molecular weight excluding hydrogens is 272 g/mol. The summed E-state index contributed by atoms with van der Waals surface area (Å²) in [5.41, 5.74) is 3.29. The van der Waals surface area contributed by atoms with Crippen molar-refractivity contribution in [2.75, 3.05) is 13.1 Å². The van der Waals surface area contributed by atoms with Gasteiger partial charge in [0.1, 0.15) is 0 Å². The van der Waals surface area contributed by atoms with Gasteiger partial charge in [-0.15, -0.1) is 0 Å². The smallest absolute Gasteiger partial charge is 0.220 e. The Balaban J connectivity index is 1.52. The van der Waals surface area contributed by atoms with Crippen LogP contribution in [0.25, 0.3) is 0 Å². The highest BCUT2D eigenvalue weighted by molar-refractivity contribution is 5.77. The van der Waals surface area contributed by atoms with Crippen LogP contribution in [0, 0.1) is 0 Å². The molecule has 3 aliphatic rings. The molecule has 1 spiro atoms. The van der Waals surface area contributed by atoms with Gasteiger partial charge in [-0.25, -0.2) is 0 Å². The van der Waals surface area contributed by atoms with Gasteiger partial charge in [0.25, 0.3) is 0 Å². The number of nitrogens with one attached hydrogen (secondary N) is 2. The van der Waals surface area contributed by atoms with Crippen molar-refractivity contribution in [2.24, 2.45) is 0 Å². The summed E-state index contributed by atoms with van der Waals surface area (Å²) in [6.45, 7) is 2.21. The third-order valence-corrected chi connectivity index (χ3v) is 6.07. The van der Waals surface area contributed by atoms with Crippen molar-refractivity contribution in [2.45, 2.75) is 62.3 Å². The fourth-order valence-electron chi connectivity index (χ4n) is 4.65. The van der Waals surface area contributed by atoms with Crippen LogP contribution in [0.5, 0.6) is 0 Å². The summed E-state index contributed by atoms with van der Waals surface area (Å²) in [5.74, 6) is 0.671. The van der Waals surface area contributed by atoms with Crippen molar-refractivity contribution in [1.82, 2.24) is 10.6 Å². The van der Waals surface area contributed by atoms with E-state index < -0.39 is 0 Å². The fraction of sp³-hybridized carbons (Fsp3) is 0.632. The Labute approximate surface area is 132 Å². The number of hydrogen-bond acceptors (Lipinski definition) is 2. The molecule has 118 valence electrons. The van der Waals surface area contributed by atoms with Crippen LogP contribution in [0.2, 0.25) is 0 Å². The second kappa shape index (κ2) is 5.69. The molecule has 2 aliphatic carbocycles. The molecule has 0 bridgehead atoms. The molecular formula is C19H26N2O. The number of hydrogen-bond donors (Lipinski definition) is 2. The zero-order valence-electron chi connectivity index (χ0n) is 13.2. The number of carbonyl (C=O) groups is 1. The van der Waals surface area contributed by atoms with Crippen molar-refractivity contribution in [3.8, 4) is 0 Å². The molecule has 22 heavy (non-hydrogen) atoms. The molecule has 3 heteroatoms. The third kappa shape index (κ3) is 2.45. The molecule has 3 nitrogen and oxygen atoms in total. The van der Waals surface area contributed by atoms with Gasteiger partial charge in [0.15, 0.2) is 0 Å². The van der Waals surface area contributed by atoms with Gasteiger partial charge in [-0.1, -0.05) is 24.3 Å². The predicted molar refractivity (Wildman–Crippen MR) is 88.0 cm³/mol. The minimum Gasteiger partial charge on any atom is -0.353 e. The average molecular weight is 298 g/mol. The molecule has 1 saturated heterocycles. The fourth-order valence-corrected chi connectivity index (χ4v) is 4.65. The standard InChI is InChI=1S/C19H26N2O/c22-18(21-15-4-3-5-15)12-14-13-19(8-10-20-11-9-19)17-7-2-1-6-16(14)17/h1-2,6-7,14-15,20H,3-5,8-13H2,(H,21,22)/t14-/m0/s1. The Morgan fingerprint density at radius 3 is 2.73 bits per heavy atom. The van der Waals surface area contributed by atoms with E-state index in [0.29, 0.717) is 23.8 Å². The first-order valence-corrected chi connectivity index (χ1v) is 8.86. The number of amides is 1. The molecule has 1 atom stereocenters. The van der Waals surface area contributed by atoms with Crippen LogP contribution in [-0.2, 0) is 10.2 Å². The monoisotopic (exact) mass is 298 g/mol. The minimum absolute atomic E-state index is 0.260. The first kappa shape index (κ1) is 14.3. The maximum Gasteiger partial charge on any atom is 0.220 e. The highest BCUT2D eigenvalue weighted by atomic mass is 16.1. The SMILES string of the molecule is O=C(C[C@H]1CC2(CCNCC2)c2ccccc21)NC1CCC1. The van der Waals surface area contributed by atoms with Gasteiger partial charge in [0.2, 0.25) is 5.91 Å². The number of fused-ring (bicyclic) bond motifs is 2. The van der Waals surface area contributed by atoms with E-state index in [-0.39, 0.29) is 5.91 Å². The number of piperidine rings is 1. The van der Waals surface area contributed by atoms with Crippen LogP contribution in [0.4, 0.5) is 0 Å². The molecule has 1 heterocycles. The summed E-state index contributed by atoms with van der Waals surface area (Å²) in [4.78, 5) is 12.4. The van der Waals surface area contributed by atoms with E-state index in [1.165, 1.54) is 43.2 Å². The van der Waals surface area contributed by atoms with E-state index in [1.807, 2.05) is 0 Å². The van der Waals surface area contributed by atoms with Crippen molar-refractivity contribution in [3.05, 3.63) is 35.4 Å². The highest BCUT2D eigenvalue weighted by Crippen LogP contribution is 2.51. The largest absolute Gasteiger partial charge is 0.353 e. The topological polar surface area (TPSA) is 41.1 Å². The van der Waals surface area contributed by atoms with Gasteiger partial charge in [-0.05, 0) is 74.1 Å². The lowest BCUT2D eigenvalue weighted by molar-refractivity contribution is -0.122. The Morgan fingerprint density at radius 2 is 2.00 bits per heavy atom. The molecule has 1 amide bonds. The molecule has 1 saturated carbocycles. The van der Waals surface area contributed by atoms with E-state index in [4.69, 9.17) is 0 Å². The van der Waals surface area contributed by atoms with Gasteiger partial charge >= 0.3 is 0 Å². The molecule has 1 aromatic rings. The van der Waals surface area contributed by atoms with Crippen LogP contribution in [0.15, 0.2) is 24.3 Å². The van der Waals surface area contributed by atoms with Crippen LogP contribution >= 0.6 is 0 Å². The van der Waals surface area contributed by atoms with E-state index >= 15 is 0 Å². The van der Waals surface area contributed by atoms with Gasteiger partial charge in [0.05, 0.1) is 0 Å². The van der Waals surface area contributed by atoms with Gasteiger partial charge < -0.3 is 10.6 Å². The van der Waals surface area contributed by atoms with E-state index in [2.05, 4.69) is 34.9 Å². The van der Waals surface area contributed by atoms with Crippen LogP contribution < -0.4 is 10.6 Å². The second-order valence-electron chi connectivity index (χ2n) is 7.42. The highest BCUT2D eigenvalue weighted by Gasteiger charge is 2.44. The molecule has 2 fully saturated rings. The Morgan fingerprint density at radius 1 is 1.23 bits per heavy atom. The summed E-state index contributed by atoms with van der Waals surface area (Å²) in [7, 11) is 0. The molecule has 0 radical (unpaired) electrons. The summed E-state index contributed by atoms with van der Waals surface area (Å²) in [6, 6.07) is 9.32. The van der Waals surface area contributed by atoms with E-state index in [0.717, 1.165) is 19.5 Å².